The lowest BCUT2D eigenvalue weighted by Gasteiger charge is -2.04. The Kier molecular flexibility index (Phi) is 4.01. The zero-order chi connectivity index (χ0) is 17.1. The van der Waals surface area contributed by atoms with E-state index < -0.39 is 0 Å². The highest BCUT2D eigenvalue weighted by Crippen LogP contribution is 2.28. The number of allylic oxidation sites excluding steroid dienone is 4. The third-order valence-electron chi connectivity index (χ3n) is 4.27. The van der Waals surface area contributed by atoms with Gasteiger partial charge in [0, 0.05) is 17.8 Å². The number of benzene rings is 2. The zero-order valence-corrected chi connectivity index (χ0v) is 13.8. The van der Waals surface area contributed by atoms with E-state index in [0.717, 1.165) is 33.1 Å². The summed E-state index contributed by atoms with van der Waals surface area (Å²) >= 11 is 0. The maximum Gasteiger partial charge on any atom is 0.0963 e. The van der Waals surface area contributed by atoms with Crippen LogP contribution in [0.15, 0.2) is 97.7 Å². The Morgan fingerprint density at radius 1 is 0.880 bits per heavy atom. The molecule has 25 heavy (non-hydrogen) atoms. The SMILES string of the molecule is C=C/C=C(\C=C\n1c2ccccc2c2ncccc21)c1ccccc1. The maximum absolute atomic E-state index is 4.57. The van der Waals surface area contributed by atoms with Gasteiger partial charge in [0.1, 0.15) is 0 Å². The van der Waals surface area contributed by atoms with Crippen molar-refractivity contribution >= 4 is 33.7 Å². The molecule has 0 N–H and O–H groups in total. The normalized spacial score (nSPS) is 12.2. The minimum atomic E-state index is 1.02. The fraction of sp³-hybridized carbons (Fsp3) is 0. The average Bonchev–Trinajstić information content (AvgIpc) is 3.00. The van der Waals surface area contributed by atoms with Gasteiger partial charge in [-0.1, -0.05) is 67.3 Å². The minimum absolute atomic E-state index is 1.02. The van der Waals surface area contributed by atoms with Crippen LogP contribution >= 0.6 is 0 Å². The Labute approximate surface area is 147 Å². The first kappa shape index (κ1) is 15.2. The van der Waals surface area contributed by atoms with E-state index in [1.54, 1.807) is 0 Å². The lowest BCUT2D eigenvalue weighted by Crippen LogP contribution is -1.87. The van der Waals surface area contributed by atoms with Gasteiger partial charge < -0.3 is 4.57 Å². The molecule has 0 unspecified atom stereocenters. The van der Waals surface area contributed by atoms with Gasteiger partial charge in [-0.05, 0) is 35.4 Å². The summed E-state index contributed by atoms with van der Waals surface area (Å²) in [4.78, 5) is 4.57. The van der Waals surface area contributed by atoms with Crippen LogP contribution < -0.4 is 0 Å². The van der Waals surface area contributed by atoms with Gasteiger partial charge >= 0.3 is 0 Å². The van der Waals surface area contributed by atoms with Gasteiger partial charge in [-0.3, -0.25) is 4.98 Å². The van der Waals surface area contributed by atoms with Crippen LogP contribution in [0.1, 0.15) is 5.56 Å². The van der Waals surface area contributed by atoms with Crippen molar-refractivity contribution < 1.29 is 0 Å². The molecule has 0 aliphatic rings. The molecule has 2 heterocycles. The van der Waals surface area contributed by atoms with E-state index in [-0.39, 0.29) is 0 Å². The van der Waals surface area contributed by atoms with Crippen LogP contribution in [0.5, 0.6) is 0 Å². The summed E-state index contributed by atoms with van der Waals surface area (Å²) in [6.45, 7) is 3.84. The molecule has 0 saturated heterocycles. The number of fused-ring (bicyclic) bond motifs is 3. The predicted molar refractivity (Wildman–Crippen MR) is 107 cm³/mol. The van der Waals surface area contributed by atoms with Crippen molar-refractivity contribution in [2.75, 3.05) is 0 Å². The fourth-order valence-corrected chi connectivity index (χ4v) is 3.13. The number of nitrogens with zero attached hydrogens (tertiary/aromatic N) is 2. The molecule has 0 aliphatic carbocycles. The molecule has 2 aromatic heterocycles. The fourth-order valence-electron chi connectivity index (χ4n) is 3.13. The van der Waals surface area contributed by atoms with Crippen molar-refractivity contribution in [3.05, 3.63) is 103 Å². The van der Waals surface area contributed by atoms with Crippen molar-refractivity contribution in [2.24, 2.45) is 0 Å². The van der Waals surface area contributed by atoms with E-state index in [9.17, 15) is 0 Å². The molecule has 2 heteroatoms. The van der Waals surface area contributed by atoms with E-state index in [1.807, 2.05) is 42.6 Å². The second-order valence-corrected chi connectivity index (χ2v) is 5.80. The highest BCUT2D eigenvalue weighted by atomic mass is 15.0. The van der Waals surface area contributed by atoms with Crippen LogP contribution in [0.25, 0.3) is 33.7 Å². The molecule has 0 saturated carbocycles. The van der Waals surface area contributed by atoms with Crippen molar-refractivity contribution in [1.29, 1.82) is 0 Å². The van der Waals surface area contributed by atoms with Gasteiger partial charge in [0.15, 0.2) is 0 Å². The van der Waals surface area contributed by atoms with Gasteiger partial charge in [0.2, 0.25) is 0 Å². The Morgan fingerprint density at radius 3 is 2.48 bits per heavy atom. The second-order valence-electron chi connectivity index (χ2n) is 5.80. The summed E-state index contributed by atoms with van der Waals surface area (Å²) in [5.41, 5.74) is 5.56. The van der Waals surface area contributed by atoms with Gasteiger partial charge in [-0.2, -0.15) is 0 Å². The van der Waals surface area contributed by atoms with Gasteiger partial charge in [0.25, 0.3) is 0 Å². The van der Waals surface area contributed by atoms with Crippen molar-refractivity contribution in [2.45, 2.75) is 0 Å². The first-order chi connectivity index (χ1) is 12.4. The van der Waals surface area contributed by atoms with Crippen molar-refractivity contribution in [3.8, 4) is 0 Å². The topological polar surface area (TPSA) is 17.8 Å². The molecule has 0 bridgehead atoms. The Morgan fingerprint density at radius 2 is 1.64 bits per heavy atom. The first-order valence-corrected chi connectivity index (χ1v) is 8.28. The molecular weight excluding hydrogens is 304 g/mol. The molecule has 0 radical (unpaired) electrons. The summed E-state index contributed by atoms with van der Waals surface area (Å²) in [5, 5.41) is 1.16. The van der Waals surface area contributed by atoms with Gasteiger partial charge in [0.05, 0.1) is 16.6 Å². The Balaban J connectivity index is 1.88. The number of para-hydroxylation sites is 1. The molecule has 0 aliphatic heterocycles. The van der Waals surface area contributed by atoms with Crippen LogP contribution in [0.4, 0.5) is 0 Å². The molecule has 0 amide bonds. The maximum atomic E-state index is 4.57. The quantitative estimate of drug-likeness (QED) is 0.426. The third-order valence-corrected chi connectivity index (χ3v) is 4.27. The highest BCUT2D eigenvalue weighted by Gasteiger charge is 2.08. The largest absolute Gasteiger partial charge is 0.314 e. The van der Waals surface area contributed by atoms with Crippen LogP contribution in [-0.4, -0.2) is 9.55 Å². The summed E-state index contributed by atoms with van der Waals surface area (Å²) in [6.07, 6.45) is 9.92. The number of pyridine rings is 1. The zero-order valence-electron chi connectivity index (χ0n) is 13.8. The summed E-state index contributed by atoms with van der Waals surface area (Å²) in [6, 6.07) is 22.8. The lowest BCUT2D eigenvalue weighted by molar-refractivity contribution is 1.28. The lowest BCUT2D eigenvalue weighted by atomic mass is 10.1. The monoisotopic (exact) mass is 322 g/mol. The molecule has 4 aromatic rings. The minimum Gasteiger partial charge on any atom is -0.314 e. The standard InChI is InChI=1S/C23H18N2/c1-2-9-18(19-10-4-3-5-11-19)15-17-25-21-13-7-6-12-20(21)23-22(25)14-8-16-24-23/h2-17H,1H2/b17-15+,18-9+. The summed E-state index contributed by atoms with van der Waals surface area (Å²) < 4.78 is 2.19. The van der Waals surface area contributed by atoms with E-state index in [4.69, 9.17) is 0 Å². The van der Waals surface area contributed by atoms with Gasteiger partial charge in [-0.25, -0.2) is 0 Å². The number of hydrogen-bond donors (Lipinski definition) is 0. The molecule has 2 nitrogen and oxygen atoms in total. The number of hydrogen-bond acceptors (Lipinski definition) is 1. The van der Waals surface area contributed by atoms with E-state index in [2.05, 4.69) is 70.9 Å². The second kappa shape index (κ2) is 6.62. The number of aromatic nitrogens is 2. The van der Waals surface area contributed by atoms with Crippen LogP contribution in [0.3, 0.4) is 0 Å². The first-order valence-electron chi connectivity index (χ1n) is 8.28. The predicted octanol–water partition coefficient (Wildman–Crippen LogP) is 5.93. The molecule has 0 atom stereocenters. The molecular formula is C23H18N2. The van der Waals surface area contributed by atoms with Crippen LogP contribution in [0, 0.1) is 0 Å². The van der Waals surface area contributed by atoms with E-state index in [1.165, 1.54) is 0 Å². The third kappa shape index (κ3) is 2.79. The van der Waals surface area contributed by atoms with Crippen LogP contribution in [0.2, 0.25) is 0 Å². The van der Waals surface area contributed by atoms with Crippen molar-refractivity contribution in [1.82, 2.24) is 9.55 Å². The van der Waals surface area contributed by atoms with Crippen LogP contribution in [-0.2, 0) is 0 Å². The summed E-state index contributed by atoms with van der Waals surface area (Å²) in [5.74, 6) is 0. The van der Waals surface area contributed by atoms with Crippen molar-refractivity contribution in [3.63, 3.8) is 0 Å². The Bertz CT molecular complexity index is 1050. The smallest absolute Gasteiger partial charge is 0.0963 e. The molecule has 0 spiro atoms. The molecule has 4 rings (SSSR count). The number of rotatable bonds is 4. The molecule has 120 valence electrons. The summed E-state index contributed by atoms with van der Waals surface area (Å²) in [7, 11) is 0. The van der Waals surface area contributed by atoms with Gasteiger partial charge in [-0.15, -0.1) is 0 Å². The van der Waals surface area contributed by atoms with E-state index in [0.29, 0.717) is 0 Å². The van der Waals surface area contributed by atoms with E-state index >= 15 is 0 Å². The molecule has 0 fully saturated rings. The average molecular weight is 322 g/mol. The highest BCUT2D eigenvalue weighted by molar-refractivity contribution is 6.07. The molecule has 2 aromatic carbocycles. The Hall–Kier alpha value is -3.39.